The lowest BCUT2D eigenvalue weighted by molar-refractivity contribution is -0.122. The Morgan fingerprint density at radius 1 is 1.03 bits per heavy atom. The van der Waals surface area contributed by atoms with Gasteiger partial charge in [-0.25, -0.2) is 0 Å². The van der Waals surface area contributed by atoms with Gasteiger partial charge in [0.1, 0.15) is 0 Å². The van der Waals surface area contributed by atoms with Crippen molar-refractivity contribution in [2.24, 2.45) is 0 Å². The Hall–Kier alpha value is -3.66. The second-order valence-corrected chi connectivity index (χ2v) is 7.17. The van der Waals surface area contributed by atoms with Gasteiger partial charge in [-0.1, -0.05) is 24.3 Å². The molecule has 0 bridgehead atoms. The first-order valence-electron chi connectivity index (χ1n) is 10.00. The highest BCUT2D eigenvalue weighted by Crippen LogP contribution is 2.20. The van der Waals surface area contributed by atoms with Crippen LogP contribution in [0.5, 0.6) is 0 Å². The van der Waals surface area contributed by atoms with E-state index in [0.29, 0.717) is 16.9 Å². The van der Waals surface area contributed by atoms with Gasteiger partial charge in [-0.05, 0) is 43.2 Å². The summed E-state index contributed by atoms with van der Waals surface area (Å²) in [7, 11) is 0. The molecule has 1 aliphatic carbocycles. The van der Waals surface area contributed by atoms with E-state index in [1.54, 1.807) is 36.4 Å². The van der Waals surface area contributed by atoms with Crippen LogP contribution in [0.15, 0.2) is 54.6 Å². The van der Waals surface area contributed by atoms with Crippen LogP contribution in [0.2, 0.25) is 0 Å². The molecule has 30 heavy (non-hydrogen) atoms. The van der Waals surface area contributed by atoms with Crippen LogP contribution in [0.3, 0.4) is 0 Å². The van der Waals surface area contributed by atoms with Crippen LogP contribution >= 0.6 is 0 Å². The number of nitrogens with zero attached hydrogens (tertiary/aromatic N) is 2. The molecule has 2 aromatic carbocycles. The van der Waals surface area contributed by atoms with Gasteiger partial charge in [0, 0.05) is 42.4 Å². The summed E-state index contributed by atoms with van der Waals surface area (Å²) in [4.78, 5) is 38.6. The van der Waals surface area contributed by atoms with Crippen molar-refractivity contribution in [2.75, 3.05) is 16.8 Å². The fraction of sp³-hybridized carbons (Fsp3) is 0.304. The van der Waals surface area contributed by atoms with Gasteiger partial charge in [0.2, 0.25) is 11.8 Å². The Kier molecular flexibility index (Phi) is 7.17. The average molecular weight is 404 g/mol. The fourth-order valence-corrected chi connectivity index (χ4v) is 2.98. The van der Waals surface area contributed by atoms with Gasteiger partial charge in [-0.3, -0.25) is 14.4 Å². The Morgan fingerprint density at radius 2 is 1.80 bits per heavy atom. The minimum absolute atomic E-state index is 0.00716. The molecule has 0 aromatic heterocycles. The normalized spacial score (nSPS) is 12.5. The van der Waals surface area contributed by atoms with Crippen LogP contribution in [0.25, 0.3) is 0 Å². The van der Waals surface area contributed by atoms with E-state index < -0.39 is 0 Å². The summed E-state index contributed by atoms with van der Waals surface area (Å²) in [5, 5.41) is 14.5. The molecular formula is C23H24N4O3. The van der Waals surface area contributed by atoms with Crippen LogP contribution in [-0.2, 0) is 9.59 Å². The maximum atomic E-state index is 12.6. The molecule has 1 fully saturated rings. The van der Waals surface area contributed by atoms with Gasteiger partial charge in [0.15, 0.2) is 0 Å². The minimum Gasteiger partial charge on any atom is -0.349 e. The van der Waals surface area contributed by atoms with Crippen molar-refractivity contribution in [3.05, 3.63) is 60.2 Å². The van der Waals surface area contributed by atoms with Crippen molar-refractivity contribution in [2.45, 2.75) is 38.1 Å². The summed E-state index contributed by atoms with van der Waals surface area (Å²) in [5.41, 5.74) is 1.70. The van der Waals surface area contributed by atoms with E-state index in [9.17, 15) is 14.4 Å². The highest BCUT2D eigenvalue weighted by molar-refractivity contribution is 5.99. The smallest absolute Gasteiger partial charge is 0.251 e. The summed E-state index contributed by atoms with van der Waals surface area (Å²) in [6.45, 7) is 0.277. The number of hydrogen-bond acceptors (Lipinski definition) is 4. The van der Waals surface area contributed by atoms with Crippen LogP contribution in [-0.4, -0.2) is 30.3 Å². The van der Waals surface area contributed by atoms with Gasteiger partial charge in [-0.2, -0.15) is 5.26 Å². The second-order valence-electron chi connectivity index (χ2n) is 7.17. The molecule has 3 amide bonds. The number of amides is 3. The summed E-state index contributed by atoms with van der Waals surface area (Å²) >= 11 is 0. The molecular weight excluding hydrogens is 380 g/mol. The van der Waals surface area contributed by atoms with Crippen LogP contribution in [0, 0.1) is 11.3 Å². The topological polar surface area (TPSA) is 102 Å². The Morgan fingerprint density at radius 3 is 2.50 bits per heavy atom. The predicted octanol–water partition coefficient (Wildman–Crippen LogP) is 3.24. The van der Waals surface area contributed by atoms with Crippen molar-refractivity contribution in [1.82, 2.24) is 5.32 Å². The lowest BCUT2D eigenvalue weighted by Crippen LogP contribution is -2.32. The van der Waals surface area contributed by atoms with E-state index in [-0.39, 0.29) is 49.6 Å². The SMILES string of the molecule is N#CCCN(C(=O)CCC(=O)Nc1cccc(C(=O)NC2CC2)c1)c1ccccc1. The van der Waals surface area contributed by atoms with Crippen molar-refractivity contribution in [3.63, 3.8) is 0 Å². The number of anilines is 2. The number of rotatable bonds is 9. The average Bonchev–Trinajstić information content (AvgIpc) is 3.57. The largest absolute Gasteiger partial charge is 0.349 e. The first-order chi connectivity index (χ1) is 14.6. The van der Waals surface area contributed by atoms with Crippen molar-refractivity contribution >= 4 is 29.1 Å². The molecule has 0 atom stereocenters. The maximum absolute atomic E-state index is 12.6. The lowest BCUT2D eigenvalue weighted by atomic mass is 10.1. The zero-order chi connectivity index (χ0) is 21.3. The second kappa shape index (κ2) is 10.2. The van der Waals surface area contributed by atoms with Gasteiger partial charge in [-0.15, -0.1) is 0 Å². The Bertz CT molecular complexity index is 948. The first kappa shape index (κ1) is 21.1. The third-order valence-corrected chi connectivity index (χ3v) is 4.70. The number of carbonyl (C=O) groups excluding carboxylic acids is 3. The standard InChI is InChI=1S/C23H24N4O3/c24-14-5-15-27(20-8-2-1-3-9-20)22(29)13-12-21(28)25-19-7-4-6-17(16-19)23(30)26-18-10-11-18/h1-4,6-9,16,18H,5,10-13,15H2,(H,25,28)(H,26,30). The number of nitriles is 1. The number of carbonyl (C=O) groups is 3. The van der Waals surface area contributed by atoms with Gasteiger partial charge >= 0.3 is 0 Å². The quantitative estimate of drug-likeness (QED) is 0.670. The van der Waals surface area contributed by atoms with E-state index in [4.69, 9.17) is 5.26 Å². The molecule has 1 aliphatic rings. The first-order valence-corrected chi connectivity index (χ1v) is 10.00. The van der Waals surface area contributed by atoms with Gasteiger partial charge in [0.25, 0.3) is 5.91 Å². The summed E-state index contributed by atoms with van der Waals surface area (Å²) in [5.74, 6) is -0.680. The summed E-state index contributed by atoms with van der Waals surface area (Å²) in [6, 6.07) is 18.1. The molecule has 1 saturated carbocycles. The van der Waals surface area contributed by atoms with Crippen LogP contribution in [0.1, 0.15) is 42.5 Å². The van der Waals surface area contributed by atoms with E-state index >= 15 is 0 Å². The minimum atomic E-state index is -0.309. The molecule has 7 nitrogen and oxygen atoms in total. The molecule has 0 radical (unpaired) electrons. The lowest BCUT2D eigenvalue weighted by Gasteiger charge is -2.21. The number of hydrogen-bond donors (Lipinski definition) is 2. The molecule has 2 aromatic rings. The van der Waals surface area contributed by atoms with E-state index in [1.807, 2.05) is 24.3 Å². The number of benzene rings is 2. The molecule has 0 unspecified atom stereocenters. The molecule has 3 rings (SSSR count). The van der Waals surface area contributed by atoms with Crippen LogP contribution in [0.4, 0.5) is 11.4 Å². The maximum Gasteiger partial charge on any atom is 0.251 e. The molecule has 0 heterocycles. The highest BCUT2D eigenvalue weighted by atomic mass is 16.2. The van der Waals surface area contributed by atoms with E-state index in [0.717, 1.165) is 12.8 Å². The number of para-hydroxylation sites is 1. The third-order valence-electron chi connectivity index (χ3n) is 4.70. The highest BCUT2D eigenvalue weighted by Gasteiger charge is 2.24. The number of nitrogens with one attached hydrogen (secondary N) is 2. The van der Waals surface area contributed by atoms with Crippen LogP contribution < -0.4 is 15.5 Å². The van der Waals surface area contributed by atoms with E-state index in [2.05, 4.69) is 10.6 Å². The fourth-order valence-electron chi connectivity index (χ4n) is 2.98. The van der Waals surface area contributed by atoms with Crippen molar-refractivity contribution in [3.8, 4) is 6.07 Å². The van der Waals surface area contributed by atoms with E-state index in [1.165, 1.54) is 4.90 Å². The third kappa shape index (κ3) is 6.17. The van der Waals surface area contributed by atoms with Gasteiger partial charge in [0.05, 0.1) is 12.5 Å². The van der Waals surface area contributed by atoms with Gasteiger partial charge < -0.3 is 15.5 Å². The molecule has 154 valence electrons. The monoisotopic (exact) mass is 404 g/mol. The Labute approximate surface area is 175 Å². The zero-order valence-electron chi connectivity index (χ0n) is 16.6. The zero-order valence-corrected chi connectivity index (χ0v) is 16.6. The molecule has 0 saturated heterocycles. The molecule has 7 heteroatoms. The summed E-state index contributed by atoms with van der Waals surface area (Å²) in [6.07, 6.45) is 2.25. The summed E-state index contributed by atoms with van der Waals surface area (Å²) < 4.78 is 0. The van der Waals surface area contributed by atoms with Crippen molar-refractivity contribution in [1.29, 1.82) is 5.26 Å². The molecule has 2 N–H and O–H groups in total. The predicted molar refractivity (Wildman–Crippen MR) is 114 cm³/mol. The molecule has 0 spiro atoms. The Balaban J connectivity index is 1.54. The van der Waals surface area contributed by atoms with Crippen molar-refractivity contribution < 1.29 is 14.4 Å². The molecule has 0 aliphatic heterocycles.